The topological polar surface area (TPSA) is 17.1 Å². The van der Waals surface area contributed by atoms with Crippen molar-refractivity contribution in [2.24, 2.45) is 65.1 Å². The van der Waals surface area contributed by atoms with Crippen LogP contribution in [-0.2, 0) is 6.42 Å². The SMILES string of the molecule is O=Cc1cccc2c1C1C(C2)C2CC1C1C3CC(C4C5C=CC(C5)C34)C21. The van der Waals surface area contributed by atoms with Crippen molar-refractivity contribution in [3.8, 4) is 0 Å². The molecule has 8 rings (SSSR count). The molecule has 132 valence electrons. The molecule has 7 aliphatic rings. The van der Waals surface area contributed by atoms with E-state index in [2.05, 4.69) is 30.4 Å². The summed E-state index contributed by atoms with van der Waals surface area (Å²) in [5.74, 6) is 11.6. The first-order valence-corrected chi connectivity index (χ1v) is 11.1. The van der Waals surface area contributed by atoms with Crippen LogP contribution in [0.3, 0.4) is 0 Å². The molecule has 12 atom stereocenters. The number of benzene rings is 1. The first-order chi connectivity index (χ1) is 12.8. The van der Waals surface area contributed by atoms with Crippen molar-refractivity contribution in [1.82, 2.24) is 0 Å². The van der Waals surface area contributed by atoms with Crippen molar-refractivity contribution in [2.45, 2.75) is 31.6 Å². The summed E-state index contributed by atoms with van der Waals surface area (Å²) in [4.78, 5) is 11.7. The van der Waals surface area contributed by atoms with Gasteiger partial charge in [0.05, 0.1) is 0 Å². The maximum Gasteiger partial charge on any atom is 0.150 e. The lowest BCUT2D eigenvalue weighted by Gasteiger charge is -2.47. The van der Waals surface area contributed by atoms with Gasteiger partial charge in [-0.15, -0.1) is 0 Å². The standard InChI is InChI=1S/C25H26O/c26-10-14-3-1-2-11-7-15-16-8-19(23(15)20(11)14)25-18-9-17(24(16)25)21-12-4-5-13(6-12)22(18)21/h1-5,10,12-13,15-19,21-25H,6-9H2. The van der Waals surface area contributed by atoms with E-state index in [0.717, 1.165) is 82.9 Å². The highest BCUT2D eigenvalue weighted by atomic mass is 16.1. The molecule has 1 heteroatoms. The highest BCUT2D eigenvalue weighted by Gasteiger charge is 2.73. The van der Waals surface area contributed by atoms with Crippen LogP contribution in [0.15, 0.2) is 30.4 Å². The minimum Gasteiger partial charge on any atom is -0.298 e. The molecule has 0 amide bonds. The van der Waals surface area contributed by atoms with E-state index < -0.39 is 0 Å². The molecule has 1 aromatic carbocycles. The second kappa shape index (κ2) is 4.21. The van der Waals surface area contributed by atoms with Crippen molar-refractivity contribution < 1.29 is 4.79 Å². The van der Waals surface area contributed by atoms with E-state index in [1.807, 2.05) is 0 Å². The molecule has 0 saturated heterocycles. The van der Waals surface area contributed by atoms with Gasteiger partial charge in [0.25, 0.3) is 0 Å². The number of aldehydes is 1. The van der Waals surface area contributed by atoms with Crippen molar-refractivity contribution in [2.75, 3.05) is 0 Å². The predicted octanol–water partition coefficient (Wildman–Crippen LogP) is 4.73. The minimum atomic E-state index is 0.726. The average Bonchev–Trinajstić information content (AvgIpc) is 3.48. The second-order valence-corrected chi connectivity index (χ2v) is 10.8. The maximum absolute atomic E-state index is 11.7. The minimum absolute atomic E-state index is 0.726. The molecule has 5 fully saturated rings. The molecule has 0 aromatic heterocycles. The van der Waals surface area contributed by atoms with Gasteiger partial charge in [0, 0.05) is 5.56 Å². The highest BCUT2D eigenvalue weighted by Crippen LogP contribution is 2.79. The average molecular weight is 342 g/mol. The Morgan fingerprint density at radius 1 is 0.769 bits per heavy atom. The van der Waals surface area contributed by atoms with Gasteiger partial charge in [0.2, 0.25) is 0 Å². The van der Waals surface area contributed by atoms with Crippen molar-refractivity contribution in [3.05, 3.63) is 47.0 Å². The molecule has 26 heavy (non-hydrogen) atoms. The number of allylic oxidation sites excluding steroid dienone is 2. The van der Waals surface area contributed by atoms with Crippen LogP contribution in [-0.4, -0.2) is 6.29 Å². The van der Waals surface area contributed by atoms with Crippen LogP contribution in [0.25, 0.3) is 0 Å². The predicted molar refractivity (Wildman–Crippen MR) is 99.7 cm³/mol. The Hall–Kier alpha value is -1.37. The van der Waals surface area contributed by atoms with Crippen molar-refractivity contribution >= 4 is 6.29 Å². The molecule has 12 unspecified atom stereocenters. The van der Waals surface area contributed by atoms with E-state index in [0.29, 0.717) is 0 Å². The molecular weight excluding hydrogens is 316 g/mol. The van der Waals surface area contributed by atoms with Gasteiger partial charge in [-0.2, -0.15) is 0 Å². The Labute approximate surface area is 155 Å². The normalized spacial score (nSPS) is 58.2. The van der Waals surface area contributed by atoms with E-state index in [1.165, 1.54) is 30.4 Å². The largest absolute Gasteiger partial charge is 0.298 e. The zero-order chi connectivity index (χ0) is 16.7. The first kappa shape index (κ1) is 13.7. The van der Waals surface area contributed by atoms with Gasteiger partial charge in [0.1, 0.15) is 6.29 Å². The summed E-state index contributed by atoms with van der Waals surface area (Å²) in [5, 5.41) is 0. The monoisotopic (exact) mass is 342 g/mol. The zero-order valence-corrected chi connectivity index (χ0v) is 15.1. The van der Waals surface area contributed by atoms with Crippen LogP contribution < -0.4 is 0 Å². The van der Waals surface area contributed by atoms with E-state index in [4.69, 9.17) is 0 Å². The third-order valence-electron chi connectivity index (χ3n) is 10.7. The molecule has 0 N–H and O–H groups in total. The molecule has 0 heterocycles. The molecule has 1 nitrogen and oxygen atoms in total. The summed E-state index contributed by atoms with van der Waals surface area (Å²) in [5.41, 5.74) is 4.03. The van der Waals surface area contributed by atoms with Gasteiger partial charge in [-0.3, -0.25) is 4.79 Å². The van der Waals surface area contributed by atoms with Crippen LogP contribution in [0.1, 0.15) is 46.7 Å². The molecule has 0 aliphatic heterocycles. The fourth-order valence-electron chi connectivity index (χ4n) is 10.7. The molecule has 7 aliphatic carbocycles. The summed E-state index contributed by atoms with van der Waals surface area (Å²) >= 11 is 0. The molecule has 6 bridgehead atoms. The quantitative estimate of drug-likeness (QED) is 0.410. The molecule has 0 radical (unpaired) electrons. The van der Waals surface area contributed by atoms with Gasteiger partial charge >= 0.3 is 0 Å². The van der Waals surface area contributed by atoms with Crippen molar-refractivity contribution in [1.29, 1.82) is 0 Å². The lowest BCUT2D eigenvalue weighted by Crippen LogP contribution is -2.43. The fourth-order valence-corrected chi connectivity index (χ4v) is 10.7. The maximum atomic E-state index is 11.7. The molecule has 1 aromatic rings. The van der Waals surface area contributed by atoms with E-state index >= 15 is 0 Å². The van der Waals surface area contributed by atoms with Crippen LogP contribution >= 0.6 is 0 Å². The van der Waals surface area contributed by atoms with E-state index in [9.17, 15) is 4.79 Å². The Balaban J connectivity index is 1.25. The Morgan fingerprint density at radius 2 is 1.50 bits per heavy atom. The number of fused-ring (bicyclic) bond motifs is 21. The summed E-state index contributed by atoms with van der Waals surface area (Å²) in [7, 11) is 0. The van der Waals surface area contributed by atoms with Crippen LogP contribution in [0.5, 0.6) is 0 Å². The summed E-state index contributed by atoms with van der Waals surface area (Å²) < 4.78 is 0. The Morgan fingerprint density at radius 3 is 2.27 bits per heavy atom. The van der Waals surface area contributed by atoms with Crippen LogP contribution in [0.4, 0.5) is 0 Å². The van der Waals surface area contributed by atoms with Gasteiger partial charge in [-0.25, -0.2) is 0 Å². The molecule has 5 saturated carbocycles. The lowest BCUT2D eigenvalue weighted by molar-refractivity contribution is 0.0228. The fraction of sp³-hybridized carbons (Fsp3) is 0.640. The van der Waals surface area contributed by atoms with Gasteiger partial charge in [0.15, 0.2) is 0 Å². The van der Waals surface area contributed by atoms with Gasteiger partial charge < -0.3 is 0 Å². The smallest absolute Gasteiger partial charge is 0.150 e. The summed E-state index contributed by atoms with van der Waals surface area (Å²) in [6, 6.07) is 6.52. The second-order valence-electron chi connectivity index (χ2n) is 10.8. The molecular formula is C25H26O. The summed E-state index contributed by atoms with van der Waals surface area (Å²) in [6.45, 7) is 0. The van der Waals surface area contributed by atoms with Crippen LogP contribution in [0, 0.1) is 65.1 Å². The zero-order valence-electron chi connectivity index (χ0n) is 15.1. The third kappa shape index (κ3) is 1.26. The number of hydrogen-bond acceptors (Lipinski definition) is 1. The Kier molecular flexibility index (Phi) is 2.22. The number of hydrogen-bond donors (Lipinski definition) is 0. The van der Waals surface area contributed by atoms with E-state index in [-0.39, 0.29) is 0 Å². The van der Waals surface area contributed by atoms with E-state index in [1.54, 1.807) is 6.42 Å². The Bertz CT molecular complexity index is 882. The number of carbonyl (C=O) groups excluding carboxylic acids is 1. The highest BCUT2D eigenvalue weighted by molar-refractivity contribution is 5.79. The third-order valence-corrected chi connectivity index (χ3v) is 10.7. The van der Waals surface area contributed by atoms with Crippen LogP contribution in [0.2, 0.25) is 0 Å². The summed E-state index contributed by atoms with van der Waals surface area (Å²) in [6.07, 6.45) is 12.1. The lowest BCUT2D eigenvalue weighted by atomic mass is 9.57. The van der Waals surface area contributed by atoms with Gasteiger partial charge in [-0.1, -0.05) is 30.4 Å². The number of carbonyl (C=O) groups is 1. The van der Waals surface area contributed by atoms with Gasteiger partial charge in [-0.05, 0) is 108 Å². The van der Waals surface area contributed by atoms with Crippen molar-refractivity contribution in [3.63, 3.8) is 0 Å². The first-order valence-electron chi connectivity index (χ1n) is 11.1. The molecule has 0 spiro atoms. The number of rotatable bonds is 1.